The number of carbonyl (C=O) groups excluding carboxylic acids is 1. The molecule has 0 aliphatic carbocycles. The Hall–Kier alpha value is -3.22. The van der Waals surface area contributed by atoms with Gasteiger partial charge in [0.2, 0.25) is 5.91 Å². The molecule has 0 aliphatic heterocycles. The maximum Gasteiger partial charge on any atom is 0.246 e. The first-order chi connectivity index (χ1) is 17.4. The Morgan fingerprint density at radius 2 is 1.61 bits per heavy atom. The zero-order valence-electron chi connectivity index (χ0n) is 21.4. The Kier molecular flexibility index (Phi) is 10.5. The molecule has 0 radical (unpaired) electrons. The average molecular weight is 493 g/mol. The van der Waals surface area contributed by atoms with Crippen molar-refractivity contribution in [1.29, 1.82) is 0 Å². The summed E-state index contributed by atoms with van der Waals surface area (Å²) in [5, 5.41) is 12.6. The van der Waals surface area contributed by atoms with Gasteiger partial charge in [-0.2, -0.15) is 0 Å². The van der Waals surface area contributed by atoms with Crippen LogP contribution in [0.1, 0.15) is 52.6 Å². The summed E-state index contributed by atoms with van der Waals surface area (Å²) in [6.07, 6.45) is 2.87. The normalized spacial score (nSPS) is 11.8. The molecule has 3 aromatic rings. The molecule has 0 saturated heterocycles. The van der Waals surface area contributed by atoms with Gasteiger partial charge >= 0.3 is 0 Å². The van der Waals surface area contributed by atoms with Crippen LogP contribution >= 0.6 is 0 Å². The zero-order chi connectivity index (χ0) is 25.9. The van der Waals surface area contributed by atoms with Crippen LogP contribution in [0.2, 0.25) is 0 Å². The molecule has 1 amide bonds. The van der Waals surface area contributed by atoms with Crippen molar-refractivity contribution >= 4 is 5.91 Å². The minimum Gasteiger partial charge on any atom is -0.488 e. The van der Waals surface area contributed by atoms with Gasteiger partial charge in [0.15, 0.2) is 0 Å². The number of hydroxylamine groups is 1. The van der Waals surface area contributed by atoms with Gasteiger partial charge in [-0.05, 0) is 86.0 Å². The largest absolute Gasteiger partial charge is 0.488 e. The fourth-order valence-corrected chi connectivity index (χ4v) is 4.51. The second kappa shape index (κ2) is 13.8. The maximum absolute atomic E-state index is 13.5. The van der Waals surface area contributed by atoms with E-state index in [-0.39, 0.29) is 11.7 Å². The molecule has 192 valence electrons. The fraction of sp³-hybridized carbons (Fsp3) is 0.367. The highest BCUT2D eigenvalue weighted by atomic mass is 19.1. The molecule has 0 unspecified atom stereocenters. The summed E-state index contributed by atoms with van der Waals surface area (Å²) in [5.41, 5.74) is 7.83. The predicted molar refractivity (Wildman–Crippen MR) is 141 cm³/mol. The van der Waals surface area contributed by atoms with E-state index < -0.39 is 5.91 Å². The summed E-state index contributed by atoms with van der Waals surface area (Å²) in [5.74, 6) is -0.0704. The lowest BCUT2D eigenvalue weighted by Crippen LogP contribution is -2.29. The van der Waals surface area contributed by atoms with Gasteiger partial charge in [0.1, 0.15) is 18.2 Å². The van der Waals surface area contributed by atoms with Crippen LogP contribution in [0.15, 0.2) is 60.7 Å². The number of hydrogen-bond acceptors (Lipinski definition) is 4. The molecule has 1 atom stereocenters. The zero-order valence-corrected chi connectivity index (χ0v) is 21.4. The topological polar surface area (TPSA) is 70.6 Å². The summed E-state index contributed by atoms with van der Waals surface area (Å²) >= 11 is 0. The maximum atomic E-state index is 13.5. The van der Waals surface area contributed by atoms with E-state index in [2.05, 4.69) is 43.4 Å². The molecular formula is C30H37FN2O3. The van der Waals surface area contributed by atoms with Gasteiger partial charge in [-0.15, -0.1) is 0 Å². The summed E-state index contributed by atoms with van der Waals surface area (Å²) in [4.78, 5) is 12.1. The van der Waals surface area contributed by atoms with E-state index in [0.29, 0.717) is 25.0 Å². The number of rotatable bonds is 13. The quantitative estimate of drug-likeness (QED) is 0.157. The van der Waals surface area contributed by atoms with Crippen LogP contribution in [0.4, 0.5) is 4.39 Å². The molecule has 0 aromatic heterocycles. The molecule has 3 N–H and O–H groups in total. The first kappa shape index (κ1) is 27.4. The predicted octanol–water partition coefficient (Wildman–Crippen LogP) is 5.95. The van der Waals surface area contributed by atoms with E-state index in [0.717, 1.165) is 53.9 Å². The number of amides is 1. The summed E-state index contributed by atoms with van der Waals surface area (Å²) in [6, 6.07) is 19.4. The number of benzene rings is 3. The van der Waals surface area contributed by atoms with Gasteiger partial charge in [0.25, 0.3) is 0 Å². The van der Waals surface area contributed by atoms with Crippen LogP contribution in [-0.4, -0.2) is 17.7 Å². The van der Waals surface area contributed by atoms with Crippen molar-refractivity contribution in [1.82, 2.24) is 10.8 Å². The lowest BCUT2D eigenvalue weighted by atomic mass is 9.92. The monoisotopic (exact) mass is 492 g/mol. The molecule has 36 heavy (non-hydrogen) atoms. The van der Waals surface area contributed by atoms with Crippen molar-refractivity contribution in [2.75, 3.05) is 6.54 Å². The number of hydrogen-bond donors (Lipinski definition) is 3. The molecule has 3 rings (SSSR count). The third-order valence-electron chi connectivity index (χ3n) is 6.42. The van der Waals surface area contributed by atoms with Crippen LogP contribution < -0.4 is 15.5 Å². The Balaban J connectivity index is 1.43. The van der Waals surface area contributed by atoms with Gasteiger partial charge < -0.3 is 10.1 Å². The van der Waals surface area contributed by atoms with Gasteiger partial charge in [0, 0.05) is 12.5 Å². The Morgan fingerprint density at radius 3 is 2.28 bits per heavy atom. The molecule has 0 saturated carbocycles. The van der Waals surface area contributed by atoms with Gasteiger partial charge in [-0.25, -0.2) is 9.87 Å². The highest BCUT2D eigenvalue weighted by Gasteiger charge is 2.18. The number of unbranched alkanes of at least 4 members (excludes halogenated alkanes) is 1. The third kappa shape index (κ3) is 8.18. The SMILES string of the molecule is Cc1cc(C[C@H](CCCCNCc2cc(C)c(OCc3ccccc3)c(C)c2)C(=O)NO)ccc1F. The standard InChI is InChI=1S/C30H37FN2O3/c1-21-15-25(12-13-28(21)31)18-27(30(34)33-35)11-7-8-14-32-19-26-16-22(2)29(23(3)17-26)36-20-24-9-5-4-6-10-24/h4-6,9-10,12-13,15-17,27,32,35H,7-8,11,14,18-20H2,1-3H3,(H,33,34)/t27-/m0/s1. The highest BCUT2D eigenvalue weighted by Crippen LogP contribution is 2.26. The van der Waals surface area contributed by atoms with Gasteiger partial charge in [-0.1, -0.05) is 61.0 Å². The van der Waals surface area contributed by atoms with Crippen LogP contribution in [-0.2, 0) is 24.4 Å². The first-order valence-electron chi connectivity index (χ1n) is 12.5. The number of halogens is 1. The second-order valence-corrected chi connectivity index (χ2v) is 9.47. The Bertz CT molecular complexity index is 1110. The van der Waals surface area contributed by atoms with Crippen molar-refractivity contribution in [3.8, 4) is 5.75 Å². The Labute approximate surface area is 213 Å². The summed E-state index contributed by atoms with van der Waals surface area (Å²) in [6.45, 7) is 8.00. The summed E-state index contributed by atoms with van der Waals surface area (Å²) < 4.78 is 19.6. The number of carbonyl (C=O) groups is 1. The lowest BCUT2D eigenvalue weighted by molar-refractivity contribution is -0.133. The fourth-order valence-electron chi connectivity index (χ4n) is 4.51. The van der Waals surface area contributed by atoms with E-state index in [9.17, 15) is 9.18 Å². The number of aryl methyl sites for hydroxylation is 3. The second-order valence-electron chi connectivity index (χ2n) is 9.47. The van der Waals surface area contributed by atoms with Gasteiger partial charge in [0.05, 0.1) is 0 Å². The Morgan fingerprint density at radius 1 is 0.917 bits per heavy atom. The van der Waals surface area contributed by atoms with E-state index in [1.54, 1.807) is 24.5 Å². The number of nitrogens with one attached hydrogen (secondary N) is 2. The van der Waals surface area contributed by atoms with Gasteiger partial charge in [-0.3, -0.25) is 10.0 Å². The molecule has 0 bridgehead atoms. The van der Waals surface area contributed by atoms with Crippen molar-refractivity contribution < 1.29 is 19.1 Å². The minimum absolute atomic E-state index is 0.257. The van der Waals surface area contributed by atoms with E-state index >= 15 is 0 Å². The molecule has 3 aromatic carbocycles. The van der Waals surface area contributed by atoms with Crippen LogP contribution in [0.25, 0.3) is 0 Å². The van der Waals surface area contributed by atoms with Crippen LogP contribution in [0.5, 0.6) is 5.75 Å². The first-order valence-corrected chi connectivity index (χ1v) is 12.5. The van der Waals surface area contributed by atoms with Crippen molar-refractivity contribution in [3.63, 3.8) is 0 Å². The molecule has 0 heterocycles. The molecule has 5 nitrogen and oxygen atoms in total. The molecule has 6 heteroatoms. The lowest BCUT2D eigenvalue weighted by Gasteiger charge is -2.16. The summed E-state index contributed by atoms with van der Waals surface area (Å²) in [7, 11) is 0. The third-order valence-corrected chi connectivity index (χ3v) is 6.42. The van der Waals surface area contributed by atoms with E-state index in [1.807, 2.05) is 18.2 Å². The number of ether oxygens (including phenoxy) is 1. The average Bonchev–Trinajstić information content (AvgIpc) is 2.87. The molecular weight excluding hydrogens is 455 g/mol. The van der Waals surface area contributed by atoms with Crippen molar-refractivity contribution in [2.24, 2.45) is 5.92 Å². The molecule has 0 aliphatic rings. The highest BCUT2D eigenvalue weighted by molar-refractivity contribution is 5.77. The van der Waals surface area contributed by atoms with Crippen molar-refractivity contribution in [3.05, 3.63) is 99.9 Å². The van der Waals surface area contributed by atoms with Crippen molar-refractivity contribution in [2.45, 2.75) is 59.6 Å². The smallest absolute Gasteiger partial charge is 0.246 e. The molecule has 0 spiro atoms. The molecule has 0 fully saturated rings. The van der Waals surface area contributed by atoms with Crippen LogP contribution in [0.3, 0.4) is 0 Å². The van der Waals surface area contributed by atoms with E-state index in [1.165, 1.54) is 11.6 Å². The minimum atomic E-state index is -0.398. The van der Waals surface area contributed by atoms with E-state index in [4.69, 9.17) is 9.94 Å². The van der Waals surface area contributed by atoms with Crippen LogP contribution in [0, 0.1) is 32.5 Å².